The minimum absolute atomic E-state index is 0.0603. The molecule has 0 amide bonds. The zero-order valence-electron chi connectivity index (χ0n) is 19.5. The normalized spacial score (nSPS) is 10.8. The van der Waals surface area contributed by atoms with E-state index in [1.807, 2.05) is 6.07 Å². The lowest BCUT2D eigenvalue weighted by molar-refractivity contribution is -0.136. The topological polar surface area (TPSA) is 132 Å². The quantitative estimate of drug-likeness (QED) is 0.278. The maximum absolute atomic E-state index is 12.8. The van der Waals surface area contributed by atoms with Crippen LogP contribution in [0.2, 0.25) is 0 Å². The number of para-hydroxylation sites is 1. The molecule has 2 aromatic carbocycles. The first kappa shape index (κ1) is 25.0. The third-order valence-corrected chi connectivity index (χ3v) is 5.22. The summed E-state index contributed by atoms with van der Waals surface area (Å²) < 4.78 is 17.4. The molecule has 0 aliphatic heterocycles. The number of anilines is 1. The number of benzene rings is 2. The molecule has 10 heteroatoms. The van der Waals surface area contributed by atoms with E-state index in [1.165, 1.54) is 27.3 Å². The molecule has 10 nitrogen and oxygen atoms in total. The Morgan fingerprint density at radius 3 is 2.37 bits per heavy atom. The number of nitrogens with zero attached hydrogens (tertiary/aromatic N) is 2. The number of methoxy groups -OCH3 is 2. The molecule has 2 N–H and O–H groups in total. The van der Waals surface area contributed by atoms with E-state index in [1.54, 1.807) is 42.5 Å². The standard InChI is InChI=1S/C25H25N3O7/c1-27-24(31)21(23(26)28(25(27)32)14-16-8-5-4-6-9-16)18(29)15-35-20(30)13-12-17-10-7-11-19(33-2)22(17)34-3/h4-13H,14-15,26H2,1-3H3. The van der Waals surface area contributed by atoms with Gasteiger partial charge in [-0.3, -0.25) is 18.7 Å². The number of hydrogen-bond donors (Lipinski definition) is 1. The molecule has 0 saturated carbocycles. The summed E-state index contributed by atoms with van der Waals surface area (Å²) in [5, 5.41) is 0. The highest BCUT2D eigenvalue weighted by Gasteiger charge is 2.22. The first-order valence-corrected chi connectivity index (χ1v) is 10.5. The first-order valence-electron chi connectivity index (χ1n) is 10.5. The molecule has 3 rings (SSSR count). The van der Waals surface area contributed by atoms with Gasteiger partial charge >= 0.3 is 11.7 Å². The summed E-state index contributed by atoms with van der Waals surface area (Å²) in [6.07, 6.45) is 2.56. The number of carbonyl (C=O) groups excluding carboxylic acids is 2. The van der Waals surface area contributed by atoms with Gasteiger partial charge in [-0.1, -0.05) is 42.5 Å². The average molecular weight is 479 g/mol. The van der Waals surface area contributed by atoms with E-state index in [2.05, 4.69) is 0 Å². The number of hydrogen-bond acceptors (Lipinski definition) is 8. The van der Waals surface area contributed by atoms with E-state index in [0.29, 0.717) is 17.1 Å². The molecule has 0 saturated heterocycles. The van der Waals surface area contributed by atoms with E-state index in [9.17, 15) is 19.2 Å². The molecule has 0 aliphatic carbocycles. The minimum atomic E-state index is -0.866. The highest BCUT2D eigenvalue weighted by Crippen LogP contribution is 2.31. The number of aromatic nitrogens is 2. The molecule has 0 spiro atoms. The van der Waals surface area contributed by atoms with E-state index in [0.717, 1.165) is 20.8 Å². The fourth-order valence-corrected chi connectivity index (χ4v) is 3.42. The largest absolute Gasteiger partial charge is 0.493 e. The highest BCUT2D eigenvalue weighted by atomic mass is 16.5. The second kappa shape index (κ2) is 11.0. The average Bonchev–Trinajstić information content (AvgIpc) is 2.87. The van der Waals surface area contributed by atoms with Gasteiger partial charge in [-0.25, -0.2) is 9.59 Å². The van der Waals surface area contributed by atoms with Gasteiger partial charge < -0.3 is 19.9 Å². The summed E-state index contributed by atoms with van der Waals surface area (Å²) in [4.78, 5) is 50.2. The van der Waals surface area contributed by atoms with E-state index >= 15 is 0 Å². The second-order valence-electron chi connectivity index (χ2n) is 7.43. The van der Waals surface area contributed by atoms with Gasteiger partial charge in [0.25, 0.3) is 5.56 Å². The van der Waals surface area contributed by atoms with Gasteiger partial charge in [0, 0.05) is 18.7 Å². The summed E-state index contributed by atoms with van der Waals surface area (Å²) >= 11 is 0. The van der Waals surface area contributed by atoms with Crippen molar-refractivity contribution in [3.05, 3.63) is 92.1 Å². The third kappa shape index (κ3) is 5.49. The minimum Gasteiger partial charge on any atom is -0.493 e. The lowest BCUT2D eigenvalue weighted by Gasteiger charge is -2.14. The fraction of sp³-hybridized carbons (Fsp3) is 0.200. The summed E-state index contributed by atoms with van der Waals surface area (Å²) in [6.45, 7) is -0.674. The van der Waals surface area contributed by atoms with Crippen LogP contribution in [0, 0.1) is 0 Å². The van der Waals surface area contributed by atoms with Crippen LogP contribution in [0.1, 0.15) is 21.5 Å². The Hall–Kier alpha value is -4.60. The Bertz CT molecular complexity index is 1390. The Balaban J connectivity index is 1.79. The molecule has 1 aromatic heterocycles. The van der Waals surface area contributed by atoms with Gasteiger partial charge in [0.15, 0.2) is 18.1 Å². The van der Waals surface area contributed by atoms with Gasteiger partial charge in [0.1, 0.15) is 11.4 Å². The summed E-state index contributed by atoms with van der Waals surface area (Å²) in [5.41, 5.74) is 5.41. The number of nitrogens with two attached hydrogens (primary N) is 1. The van der Waals surface area contributed by atoms with Gasteiger partial charge in [-0.15, -0.1) is 0 Å². The monoisotopic (exact) mass is 479 g/mol. The molecule has 0 atom stereocenters. The zero-order valence-corrected chi connectivity index (χ0v) is 19.5. The molecule has 0 bridgehead atoms. The van der Waals surface area contributed by atoms with Crippen LogP contribution in [-0.4, -0.2) is 41.7 Å². The molecule has 0 aliphatic rings. The summed E-state index contributed by atoms with van der Waals surface area (Å²) in [5.74, 6) is -1.04. The molecule has 1 heterocycles. The number of nitrogen functional groups attached to an aromatic ring is 1. The Kier molecular flexibility index (Phi) is 7.88. The van der Waals surface area contributed by atoms with Crippen molar-refractivity contribution >= 4 is 23.6 Å². The molecule has 0 unspecified atom stereocenters. The van der Waals surface area contributed by atoms with Crippen molar-refractivity contribution in [1.29, 1.82) is 0 Å². The van der Waals surface area contributed by atoms with Crippen LogP contribution >= 0.6 is 0 Å². The van der Waals surface area contributed by atoms with Gasteiger partial charge in [-0.2, -0.15) is 0 Å². The number of carbonyl (C=O) groups is 2. The number of Topliss-reactive ketones (excluding diaryl/α,β-unsaturated/α-hetero) is 1. The Morgan fingerprint density at radius 1 is 1.00 bits per heavy atom. The zero-order chi connectivity index (χ0) is 25.5. The molecule has 182 valence electrons. The van der Waals surface area contributed by atoms with E-state index in [4.69, 9.17) is 19.9 Å². The van der Waals surface area contributed by atoms with Crippen molar-refractivity contribution < 1.29 is 23.8 Å². The summed E-state index contributed by atoms with van der Waals surface area (Å²) in [6, 6.07) is 14.1. The second-order valence-corrected chi connectivity index (χ2v) is 7.43. The fourth-order valence-electron chi connectivity index (χ4n) is 3.42. The molecule has 0 fully saturated rings. The predicted octanol–water partition coefficient (Wildman–Crippen LogP) is 1.63. The van der Waals surface area contributed by atoms with Crippen molar-refractivity contribution in [3.63, 3.8) is 0 Å². The molecular weight excluding hydrogens is 454 g/mol. The number of ether oxygens (including phenoxy) is 3. The number of rotatable bonds is 9. The van der Waals surface area contributed by atoms with Crippen molar-refractivity contribution in [1.82, 2.24) is 9.13 Å². The molecule has 0 radical (unpaired) electrons. The van der Waals surface area contributed by atoms with Crippen LogP contribution in [0.4, 0.5) is 5.82 Å². The Morgan fingerprint density at radius 2 is 1.71 bits per heavy atom. The van der Waals surface area contributed by atoms with E-state index in [-0.39, 0.29) is 12.4 Å². The van der Waals surface area contributed by atoms with Gasteiger partial charge in [0.2, 0.25) is 5.78 Å². The Labute approximate surface area is 200 Å². The predicted molar refractivity (Wildman–Crippen MR) is 130 cm³/mol. The maximum atomic E-state index is 12.8. The number of esters is 1. The van der Waals surface area contributed by atoms with Crippen molar-refractivity contribution in [2.24, 2.45) is 7.05 Å². The van der Waals surface area contributed by atoms with Crippen molar-refractivity contribution in [2.75, 3.05) is 26.6 Å². The van der Waals surface area contributed by atoms with Crippen molar-refractivity contribution in [3.8, 4) is 11.5 Å². The lowest BCUT2D eigenvalue weighted by Crippen LogP contribution is -2.43. The summed E-state index contributed by atoms with van der Waals surface area (Å²) in [7, 11) is 4.21. The van der Waals surface area contributed by atoms with Crippen LogP contribution in [0.15, 0.2) is 64.2 Å². The van der Waals surface area contributed by atoms with Crippen LogP contribution in [0.25, 0.3) is 6.08 Å². The van der Waals surface area contributed by atoms with Crippen LogP contribution < -0.4 is 26.5 Å². The van der Waals surface area contributed by atoms with E-state index < -0.39 is 35.2 Å². The van der Waals surface area contributed by atoms with Gasteiger partial charge in [-0.05, 0) is 17.7 Å². The smallest absolute Gasteiger partial charge is 0.332 e. The van der Waals surface area contributed by atoms with Crippen LogP contribution in [0.3, 0.4) is 0 Å². The first-order chi connectivity index (χ1) is 16.8. The van der Waals surface area contributed by atoms with Crippen LogP contribution in [-0.2, 0) is 23.1 Å². The number of ketones is 1. The molecular formula is C25H25N3O7. The third-order valence-electron chi connectivity index (χ3n) is 5.22. The van der Waals surface area contributed by atoms with Crippen LogP contribution in [0.5, 0.6) is 11.5 Å². The molecule has 3 aromatic rings. The maximum Gasteiger partial charge on any atom is 0.332 e. The highest BCUT2D eigenvalue weighted by molar-refractivity contribution is 6.02. The lowest BCUT2D eigenvalue weighted by atomic mass is 10.1. The molecule has 35 heavy (non-hydrogen) atoms. The van der Waals surface area contributed by atoms with Crippen molar-refractivity contribution in [2.45, 2.75) is 6.54 Å². The SMILES string of the molecule is COc1cccc(C=CC(=O)OCC(=O)c2c(N)n(Cc3ccccc3)c(=O)n(C)c2=O)c1OC. The van der Waals surface area contributed by atoms with Gasteiger partial charge in [0.05, 0.1) is 20.8 Å².